The van der Waals surface area contributed by atoms with Crippen LogP contribution in [0.1, 0.15) is 49.3 Å². The lowest BCUT2D eigenvalue weighted by Crippen LogP contribution is -2.56. The lowest BCUT2D eigenvalue weighted by atomic mass is 10.0. The van der Waals surface area contributed by atoms with Crippen molar-refractivity contribution in [2.75, 3.05) is 25.1 Å². The maximum Gasteiger partial charge on any atom is 0.243 e. The normalized spacial score (nSPS) is 13.2. The van der Waals surface area contributed by atoms with Gasteiger partial charge in [-0.3, -0.25) is 24.0 Å². The van der Waals surface area contributed by atoms with Gasteiger partial charge in [0.15, 0.2) is 0 Å². The zero-order valence-electron chi connectivity index (χ0n) is 31.4. The molecule has 4 rings (SSSR count). The number of para-hydroxylation sites is 1. The minimum absolute atomic E-state index is 0.0972. The van der Waals surface area contributed by atoms with E-state index in [1.54, 1.807) is 30.1 Å². The van der Waals surface area contributed by atoms with Crippen molar-refractivity contribution in [1.82, 2.24) is 31.6 Å². The van der Waals surface area contributed by atoms with Gasteiger partial charge in [-0.2, -0.15) is 11.8 Å². The van der Waals surface area contributed by atoms with Gasteiger partial charge in [0.2, 0.25) is 29.5 Å². The Morgan fingerprint density at radius 1 is 0.745 bits per heavy atom. The van der Waals surface area contributed by atoms with Crippen LogP contribution in [0.2, 0.25) is 0 Å². The van der Waals surface area contributed by atoms with Gasteiger partial charge >= 0.3 is 0 Å². The van der Waals surface area contributed by atoms with Crippen molar-refractivity contribution in [2.24, 2.45) is 5.73 Å². The summed E-state index contributed by atoms with van der Waals surface area (Å²) in [7, 11) is 0. The molecule has 0 fully saturated rings. The Labute approximate surface area is 326 Å². The quantitative estimate of drug-likeness (QED) is 0.0595. The van der Waals surface area contributed by atoms with Crippen LogP contribution < -0.4 is 32.3 Å². The third-order valence-corrected chi connectivity index (χ3v) is 9.83. The van der Waals surface area contributed by atoms with E-state index in [2.05, 4.69) is 31.6 Å². The molecular formula is C41H53N7O6S. The molecular weight excluding hydrogens is 719 g/mol. The molecule has 3 aromatic carbocycles. The predicted octanol–water partition coefficient (Wildman–Crippen LogP) is 2.86. The number of unbranched alkanes of at least 4 members (excludes halogenated alkanes) is 1. The zero-order valence-corrected chi connectivity index (χ0v) is 32.3. The molecule has 0 saturated heterocycles. The second kappa shape index (κ2) is 22.1. The van der Waals surface area contributed by atoms with Crippen molar-refractivity contribution in [3.8, 4) is 5.75 Å². The molecule has 4 aromatic rings. The van der Waals surface area contributed by atoms with Gasteiger partial charge in [-0.1, -0.05) is 80.4 Å². The van der Waals surface area contributed by atoms with E-state index in [4.69, 9.17) is 5.73 Å². The van der Waals surface area contributed by atoms with Crippen molar-refractivity contribution in [3.63, 3.8) is 0 Å². The Kier molecular flexibility index (Phi) is 17.1. The molecule has 0 aliphatic carbocycles. The largest absolute Gasteiger partial charge is 0.508 e. The van der Waals surface area contributed by atoms with Gasteiger partial charge < -0.3 is 42.4 Å². The number of aromatic hydroxyl groups is 1. The molecule has 1 heterocycles. The molecule has 0 bridgehead atoms. The van der Waals surface area contributed by atoms with Crippen LogP contribution in [0.5, 0.6) is 5.75 Å². The van der Waals surface area contributed by atoms with Crippen LogP contribution in [0.15, 0.2) is 85.1 Å². The first-order valence-electron chi connectivity index (χ1n) is 18.6. The van der Waals surface area contributed by atoms with Crippen molar-refractivity contribution in [2.45, 2.75) is 76.0 Å². The Balaban J connectivity index is 1.41. The predicted molar refractivity (Wildman–Crippen MR) is 216 cm³/mol. The summed E-state index contributed by atoms with van der Waals surface area (Å²) in [4.78, 5) is 70.2. The third kappa shape index (κ3) is 13.8. The number of benzene rings is 3. The first-order valence-corrected chi connectivity index (χ1v) is 20.0. The average molecular weight is 772 g/mol. The molecule has 0 saturated carbocycles. The molecule has 0 radical (unpaired) electrons. The number of hydrogen-bond acceptors (Lipinski definition) is 8. The number of amides is 5. The van der Waals surface area contributed by atoms with Gasteiger partial charge in [0.05, 0.1) is 12.6 Å². The van der Waals surface area contributed by atoms with Gasteiger partial charge in [-0.15, -0.1) is 0 Å². The van der Waals surface area contributed by atoms with Crippen LogP contribution in [0.25, 0.3) is 10.9 Å². The summed E-state index contributed by atoms with van der Waals surface area (Å²) in [6.45, 7) is 1.90. The van der Waals surface area contributed by atoms with Crippen molar-refractivity contribution in [1.29, 1.82) is 0 Å². The van der Waals surface area contributed by atoms with E-state index in [0.29, 0.717) is 38.0 Å². The van der Waals surface area contributed by atoms with Crippen LogP contribution >= 0.6 is 11.8 Å². The molecule has 14 heteroatoms. The topological polar surface area (TPSA) is 208 Å². The molecule has 55 heavy (non-hydrogen) atoms. The fraction of sp³-hybridized carbons (Fsp3) is 0.390. The molecule has 294 valence electrons. The second-order valence-corrected chi connectivity index (χ2v) is 14.4. The summed E-state index contributed by atoms with van der Waals surface area (Å²) in [5, 5.41) is 24.3. The van der Waals surface area contributed by atoms with Gasteiger partial charge in [0, 0.05) is 30.1 Å². The van der Waals surface area contributed by atoms with Crippen molar-refractivity contribution < 1.29 is 29.1 Å². The summed E-state index contributed by atoms with van der Waals surface area (Å²) in [6.07, 6.45) is 6.79. The third-order valence-electron chi connectivity index (χ3n) is 9.18. The number of phenols is 1. The fourth-order valence-corrected chi connectivity index (χ4v) is 6.55. The van der Waals surface area contributed by atoms with Gasteiger partial charge in [-0.25, -0.2) is 0 Å². The van der Waals surface area contributed by atoms with Gasteiger partial charge in [-0.05, 0) is 72.6 Å². The Morgan fingerprint density at radius 2 is 1.42 bits per heavy atom. The molecule has 0 aliphatic rings. The number of carbonyl (C=O) groups excluding carboxylic acids is 5. The van der Waals surface area contributed by atoms with Crippen LogP contribution in [0, 0.1) is 0 Å². The molecule has 5 amide bonds. The maximum atomic E-state index is 13.9. The smallest absolute Gasteiger partial charge is 0.243 e. The molecule has 4 atom stereocenters. The monoisotopic (exact) mass is 771 g/mol. The number of nitrogens with two attached hydrogens (primary N) is 1. The number of aromatic amines is 1. The number of rotatable bonds is 22. The van der Waals surface area contributed by atoms with E-state index in [9.17, 15) is 29.1 Å². The zero-order chi connectivity index (χ0) is 39.6. The summed E-state index contributed by atoms with van der Waals surface area (Å²) in [5.74, 6) is -1.83. The highest BCUT2D eigenvalue weighted by molar-refractivity contribution is 7.98. The van der Waals surface area contributed by atoms with E-state index >= 15 is 0 Å². The second-order valence-electron chi connectivity index (χ2n) is 13.5. The highest BCUT2D eigenvalue weighted by Gasteiger charge is 2.29. The summed E-state index contributed by atoms with van der Waals surface area (Å²) >= 11 is 1.55. The summed E-state index contributed by atoms with van der Waals surface area (Å²) < 4.78 is 0. The highest BCUT2D eigenvalue weighted by atomic mass is 32.2. The minimum Gasteiger partial charge on any atom is -0.508 e. The number of aromatic nitrogens is 1. The fourth-order valence-electron chi connectivity index (χ4n) is 6.07. The molecule has 0 aliphatic heterocycles. The molecule has 9 N–H and O–H groups in total. The summed E-state index contributed by atoms with van der Waals surface area (Å²) in [5.41, 5.74) is 9.64. The molecule has 1 aromatic heterocycles. The number of thioether (sulfide) groups is 1. The van der Waals surface area contributed by atoms with E-state index in [1.165, 1.54) is 12.1 Å². The average Bonchev–Trinajstić information content (AvgIpc) is 3.60. The van der Waals surface area contributed by atoms with E-state index < -0.39 is 54.3 Å². The molecule has 0 spiro atoms. The SMILES string of the molecule is CCCC[C@H](NC(=O)[C@@H](N)Cc1ccc(O)cc1)C(=O)NCC(=O)N[C@H](Cc1c[nH]c2ccccc12)C(=O)N[C@@H](CCSC)C(=O)NCCc1ccccc1. The maximum absolute atomic E-state index is 13.9. The van der Waals surface area contributed by atoms with Crippen molar-refractivity contribution in [3.05, 3.63) is 102 Å². The number of H-pyrrole nitrogens is 1. The van der Waals surface area contributed by atoms with Crippen LogP contribution in [0.3, 0.4) is 0 Å². The number of fused-ring (bicyclic) bond motifs is 1. The lowest BCUT2D eigenvalue weighted by Gasteiger charge is -2.24. The van der Waals surface area contributed by atoms with E-state index in [0.717, 1.165) is 34.0 Å². The number of carbonyl (C=O) groups is 5. The molecule has 0 unspecified atom stereocenters. The number of hydrogen-bond donors (Lipinski definition) is 8. The lowest BCUT2D eigenvalue weighted by molar-refractivity contribution is -0.133. The first-order chi connectivity index (χ1) is 26.6. The minimum atomic E-state index is -1.08. The van der Waals surface area contributed by atoms with Crippen molar-refractivity contribution >= 4 is 52.2 Å². The molecule has 13 nitrogen and oxygen atoms in total. The number of nitrogens with one attached hydrogen (secondary N) is 6. The van der Waals surface area contributed by atoms with Gasteiger partial charge in [0.1, 0.15) is 23.9 Å². The highest BCUT2D eigenvalue weighted by Crippen LogP contribution is 2.19. The first kappa shape index (κ1) is 42.4. The Bertz CT molecular complexity index is 1850. The Hall–Kier alpha value is -5.34. The summed E-state index contributed by atoms with van der Waals surface area (Å²) in [6, 6.07) is 19.9. The Morgan fingerprint density at radius 3 is 2.15 bits per heavy atom. The van der Waals surface area contributed by atoms with Crippen LogP contribution in [-0.4, -0.2) is 88.9 Å². The van der Waals surface area contributed by atoms with E-state index in [1.807, 2.05) is 67.8 Å². The standard InChI is InChI=1S/C41H53N7O6S/c1-3-4-13-34(47-38(51)32(42)23-28-15-17-30(49)18-16-28)40(53)45-26-37(50)46-36(24-29-25-44-33-14-9-8-12-31(29)33)41(54)48-35(20-22-55-2)39(52)43-21-19-27-10-6-5-7-11-27/h5-12,14-18,25,32,34-36,44,49H,3-4,13,19-24,26,42H2,1-2H3,(H,43,52)(H,45,53)(H,46,50)(H,47,51)(H,48,54)/t32-,34-,35-,36+/m0/s1. The number of phenolic OH excluding ortho intramolecular Hbond substituents is 1. The van der Waals surface area contributed by atoms with Crippen LogP contribution in [0.4, 0.5) is 0 Å². The van der Waals surface area contributed by atoms with Gasteiger partial charge in [0.25, 0.3) is 0 Å². The van der Waals surface area contributed by atoms with Crippen LogP contribution in [-0.2, 0) is 43.2 Å². The van der Waals surface area contributed by atoms with E-state index in [-0.39, 0.29) is 24.5 Å².